The Kier molecular flexibility index (Phi) is 5.12. The summed E-state index contributed by atoms with van der Waals surface area (Å²) in [6, 6.07) is 7.23. The number of fused-ring (bicyclic) bond motifs is 1. The quantitative estimate of drug-likeness (QED) is 0.765. The molecular weight excluding hydrogens is 290 g/mol. The van der Waals surface area contributed by atoms with Crippen LogP contribution in [-0.4, -0.2) is 28.6 Å². The molecule has 120 valence electrons. The third kappa shape index (κ3) is 3.34. The second-order valence-corrected chi connectivity index (χ2v) is 8.05. The lowest BCUT2D eigenvalue weighted by molar-refractivity contribution is -0.134. The summed E-state index contributed by atoms with van der Waals surface area (Å²) in [7, 11) is 0. The second-order valence-electron chi connectivity index (χ2n) is 6.63. The van der Waals surface area contributed by atoms with Gasteiger partial charge in [0.05, 0.1) is 5.25 Å². The Morgan fingerprint density at radius 2 is 2.09 bits per heavy atom. The minimum atomic E-state index is 0.0200. The largest absolute Gasteiger partial charge is 0.339 e. The van der Waals surface area contributed by atoms with Crippen molar-refractivity contribution in [1.29, 1.82) is 0 Å². The first kappa shape index (κ1) is 15.9. The molecule has 2 aliphatic rings. The number of hydrogen-bond acceptors (Lipinski definition) is 2. The zero-order valence-corrected chi connectivity index (χ0v) is 14.6. The fourth-order valence-corrected chi connectivity index (χ4v) is 4.83. The summed E-state index contributed by atoms with van der Waals surface area (Å²) in [5, 5.41) is 0.0200. The summed E-state index contributed by atoms with van der Waals surface area (Å²) in [5.41, 5.74) is 3.00. The maximum absolute atomic E-state index is 12.8. The van der Waals surface area contributed by atoms with Gasteiger partial charge in [-0.25, -0.2) is 0 Å². The molecule has 3 rings (SSSR count). The highest BCUT2D eigenvalue weighted by Gasteiger charge is 2.29. The van der Waals surface area contributed by atoms with Crippen molar-refractivity contribution in [2.24, 2.45) is 0 Å². The molecule has 3 heteroatoms. The number of likely N-dealkylation sites (tertiary alicyclic amines) is 1. The van der Waals surface area contributed by atoms with E-state index in [0.29, 0.717) is 11.9 Å². The third-order valence-electron chi connectivity index (χ3n) is 5.11. The van der Waals surface area contributed by atoms with E-state index < -0.39 is 0 Å². The standard InChI is InChI=1S/C19H27NOS/c1-3-17-9-4-5-12-20(17)19(21)14(2)22-18-11-10-15-7-6-8-16(15)13-18/h10-11,13-14,17H,3-9,12H2,1-2H3. The fraction of sp³-hybridized carbons (Fsp3) is 0.632. The van der Waals surface area contributed by atoms with Gasteiger partial charge in [0, 0.05) is 17.5 Å². The Labute approximate surface area is 138 Å². The Morgan fingerprint density at radius 3 is 2.91 bits per heavy atom. The lowest BCUT2D eigenvalue weighted by Crippen LogP contribution is -2.46. The highest BCUT2D eigenvalue weighted by molar-refractivity contribution is 8.00. The van der Waals surface area contributed by atoms with Crippen molar-refractivity contribution >= 4 is 17.7 Å². The molecule has 1 aromatic rings. The monoisotopic (exact) mass is 317 g/mol. The topological polar surface area (TPSA) is 20.3 Å². The SMILES string of the molecule is CCC1CCCCN1C(=O)C(C)Sc1ccc2c(c1)CCC2. The third-order valence-corrected chi connectivity index (χ3v) is 6.19. The van der Waals surface area contributed by atoms with E-state index in [1.165, 1.54) is 54.5 Å². The second kappa shape index (κ2) is 7.08. The molecule has 0 bridgehead atoms. The van der Waals surface area contributed by atoms with Crippen LogP contribution < -0.4 is 0 Å². The van der Waals surface area contributed by atoms with Gasteiger partial charge in [0.15, 0.2) is 0 Å². The molecule has 0 aromatic heterocycles. The van der Waals surface area contributed by atoms with Gasteiger partial charge in [0.1, 0.15) is 0 Å². The van der Waals surface area contributed by atoms with Crippen LogP contribution in [0.25, 0.3) is 0 Å². The van der Waals surface area contributed by atoms with Crippen LogP contribution in [-0.2, 0) is 17.6 Å². The summed E-state index contributed by atoms with van der Waals surface area (Å²) in [6.07, 6.45) is 8.41. The van der Waals surface area contributed by atoms with Crippen LogP contribution in [0.1, 0.15) is 57.1 Å². The van der Waals surface area contributed by atoms with E-state index in [4.69, 9.17) is 0 Å². The van der Waals surface area contributed by atoms with E-state index in [9.17, 15) is 4.79 Å². The van der Waals surface area contributed by atoms with Gasteiger partial charge in [-0.1, -0.05) is 13.0 Å². The Balaban J connectivity index is 1.65. The lowest BCUT2D eigenvalue weighted by Gasteiger charge is -2.36. The van der Waals surface area contributed by atoms with E-state index in [-0.39, 0.29) is 5.25 Å². The molecule has 1 amide bonds. The predicted molar refractivity (Wildman–Crippen MR) is 93.4 cm³/mol. The van der Waals surface area contributed by atoms with Crippen molar-refractivity contribution in [1.82, 2.24) is 4.90 Å². The number of benzene rings is 1. The maximum atomic E-state index is 12.8. The van der Waals surface area contributed by atoms with Gasteiger partial charge >= 0.3 is 0 Å². The highest BCUT2D eigenvalue weighted by Crippen LogP contribution is 2.31. The van der Waals surface area contributed by atoms with E-state index in [2.05, 4.69) is 36.9 Å². The number of hydrogen-bond donors (Lipinski definition) is 0. The average Bonchev–Trinajstić information content (AvgIpc) is 3.01. The molecule has 22 heavy (non-hydrogen) atoms. The van der Waals surface area contributed by atoms with Crippen LogP contribution >= 0.6 is 11.8 Å². The van der Waals surface area contributed by atoms with Gasteiger partial charge in [0.25, 0.3) is 0 Å². The zero-order chi connectivity index (χ0) is 15.5. The Hall–Kier alpha value is -0.960. The van der Waals surface area contributed by atoms with Gasteiger partial charge in [-0.3, -0.25) is 4.79 Å². The van der Waals surface area contributed by atoms with Gasteiger partial charge in [-0.15, -0.1) is 11.8 Å². The van der Waals surface area contributed by atoms with Gasteiger partial charge in [0.2, 0.25) is 5.91 Å². The van der Waals surface area contributed by atoms with Crippen LogP contribution in [0, 0.1) is 0 Å². The highest BCUT2D eigenvalue weighted by atomic mass is 32.2. The molecule has 0 N–H and O–H groups in total. The number of aryl methyl sites for hydroxylation is 2. The molecule has 1 saturated heterocycles. The van der Waals surface area contributed by atoms with Crippen molar-refractivity contribution in [3.63, 3.8) is 0 Å². The summed E-state index contributed by atoms with van der Waals surface area (Å²) in [4.78, 5) is 16.2. The molecule has 2 atom stereocenters. The molecule has 1 heterocycles. The van der Waals surface area contributed by atoms with Gasteiger partial charge < -0.3 is 4.90 Å². The summed E-state index contributed by atoms with van der Waals surface area (Å²) in [6.45, 7) is 5.22. The molecule has 1 aliphatic carbocycles. The molecule has 0 radical (unpaired) electrons. The number of nitrogens with zero attached hydrogens (tertiary/aromatic N) is 1. The smallest absolute Gasteiger partial charge is 0.236 e. The Bertz CT molecular complexity index is 542. The van der Waals surface area contributed by atoms with Crippen molar-refractivity contribution in [3.05, 3.63) is 29.3 Å². The summed E-state index contributed by atoms with van der Waals surface area (Å²) in [5.74, 6) is 0.331. The van der Waals surface area contributed by atoms with Gasteiger partial charge in [-0.2, -0.15) is 0 Å². The maximum Gasteiger partial charge on any atom is 0.236 e. The molecule has 1 aromatic carbocycles. The molecule has 2 nitrogen and oxygen atoms in total. The van der Waals surface area contributed by atoms with E-state index in [1.54, 1.807) is 11.8 Å². The number of carbonyl (C=O) groups excluding carboxylic acids is 1. The van der Waals surface area contributed by atoms with Crippen molar-refractivity contribution in [2.45, 2.75) is 75.0 Å². The molecular formula is C19H27NOS. The number of thioether (sulfide) groups is 1. The number of amides is 1. The average molecular weight is 317 g/mol. The Morgan fingerprint density at radius 1 is 1.27 bits per heavy atom. The van der Waals surface area contributed by atoms with E-state index in [0.717, 1.165) is 13.0 Å². The molecule has 0 spiro atoms. The fourth-order valence-electron chi connectivity index (χ4n) is 3.82. The van der Waals surface area contributed by atoms with Crippen molar-refractivity contribution in [2.75, 3.05) is 6.54 Å². The predicted octanol–water partition coefficient (Wildman–Crippen LogP) is 4.45. The van der Waals surface area contributed by atoms with Crippen LogP contribution in [0.2, 0.25) is 0 Å². The lowest BCUT2D eigenvalue weighted by atomic mass is 10.00. The van der Waals surface area contributed by atoms with Crippen LogP contribution in [0.4, 0.5) is 0 Å². The number of piperidine rings is 1. The van der Waals surface area contributed by atoms with E-state index >= 15 is 0 Å². The first-order valence-electron chi connectivity index (χ1n) is 8.78. The summed E-state index contributed by atoms with van der Waals surface area (Å²) >= 11 is 1.73. The van der Waals surface area contributed by atoms with Crippen molar-refractivity contribution < 1.29 is 4.79 Å². The summed E-state index contributed by atoms with van der Waals surface area (Å²) < 4.78 is 0. The minimum absolute atomic E-state index is 0.0200. The van der Waals surface area contributed by atoms with Crippen LogP contribution in [0.5, 0.6) is 0 Å². The minimum Gasteiger partial charge on any atom is -0.339 e. The normalized spacial score (nSPS) is 22.5. The van der Waals surface area contributed by atoms with Crippen LogP contribution in [0.15, 0.2) is 23.1 Å². The zero-order valence-electron chi connectivity index (χ0n) is 13.8. The molecule has 1 fully saturated rings. The number of rotatable bonds is 4. The first-order chi connectivity index (χ1) is 10.7. The first-order valence-corrected chi connectivity index (χ1v) is 9.66. The number of carbonyl (C=O) groups is 1. The molecule has 2 unspecified atom stereocenters. The molecule has 1 aliphatic heterocycles. The molecule has 0 saturated carbocycles. The van der Waals surface area contributed by atoms with Gasteiger partial charge in [-0.05, 0) is 75.1 Å². The van der Waals surface area contributed by atoms with E-state index in [1.807, 2.05) is 0 Å². The van der Waals surface area contributed by atoms with Crippen LogP contribution in [0.3, 0.4) is 0 Å². The van der Waals surface area contributed by atoms with Crippen molar-refractivity contribution in [3.8, 4) is 0 Å².